The fourth-order valence-corrected chi connectivity index (χ4v) is 4.23. The van der Waals surface area contributed by atoms with Crippen LogP contribution in [0.4, 0.5) is 0 Å². The van der Waals surface area contributed by atoms with Gasteiger partial charge in [-0.3, -0.25) is 0 Å². The number of hydrogen-bond donors (Lipinski definition) is 0. The summed E-state index contributed by atoms with van der Waals surface area (Å²) in [6, 6.07) is 13.2. The Morgan fingerprint density at radius 2 is 1.32 bits per heavy atom. The van der Waals surface area contributed by atoms with Crippen molar-refractivity contribution in [1.82, 2.24) is 0 Å². The van der Waals surface area contributed by atoms with E-state index in [4.69, 9.17) is 23.2 Å². The molecular weight excluding hydrogens is 323 g/mol. The minimum atomic E-state index is -3.31. The minimum Gasteiger partial charge on any atom is -0.223 e. The third-order valence-corrected chi connectivity index (χ3v) is 6.18. The predicted octanol–water partition coefficient (Wildman–Crippen LogP) is 4.52. The molecule has 2 aromatic carbocycles. The molecule has 0 amide bonds. The molecule has 0 heterocycles. The van der Waals surface area contributed by atoms with Crippen LogP contribution >= 0.6 is 35.0 Å². The Hall–Kier alpha value is -0.680. The first-order chi connectivity index (χ1) is 8.97. The molecule has 0 aliphatic rings. The van der Waals surface area contributed by atoms with Gasteiger partial charge in [-0.2, -0.15) is 0 Å². The van der Waals surface area contributed by atoms with Gasteiger partial charge in [0.1, 0.15) is 5.08 Å². The summed E-state index contributed by atoms with van der Waals surface area (Å²) < 4.78 is 24.2. The summed E-state index contributed by atoms with van der Waals surface area (Å²) in [4.78, 5) is 1.14. The topological polar surface area (TPSA) is 34.1 Å². The Bertz CT molecular complexity index is 650. The van der Waals surface area contributed by atoms with Crippen molar-refractivity contribution in [3.63, 3.8) is 0 Å². The molecule has 6 heteroatoms. The van der Waals surface area contributed by atoms with Gasteiger partial charge in [-0.1, -0.05) is 23.2 Å². The third kappa shape index (κ3) is 4.14. The van der Waals surface area contributed by atoms with Crippen LogP contribution in [0.5, 0.6) is 0 Å². The standard InChI is InChI=1S/C13H10Cl2O2S2/c14-10-1-5-12(6-2-10)18-9-19(16,17)13-7-3-11(15)4-8-13/h1-8H,9H2. The first-order valence-corrected chi connectivity index (χ1v) is 8.73. The molecule has 0 bridgehead atoms. The minimum absolute atomic E-state index is 0.0176. The molecule has 0 aromatic heterocycles. The maximum atomic E-state index is 12.1. The van der Waals surface area contributed by atoms with E-state index >= 15 is 0 Å². The van der Waals surface area contributed by atoms with Crippen LogP contribution in [0.15, 0.2) is 58.3 Å². The summed E-state index contributed by atoms with van der Waals surface area (Å²) in [5.41, 5.74) is 0. The van der Waals surface area contributed by atoms with Gasteiger partial charge < -0.3 is 0 Å². The third-order valence-electron chi connectivity index (χ3n) is 2.37. The monoisotopic (exact) mass is 332 g/mol. The lowest BCUT2D eigenvalue weighted by molar-refractivity contribution is 0.601. The first-order valence-electron chi connectivity index (χ1n) is 5.34. The van der Waals surface area contributed by atoms with Gasteiger partial charge >= 0.3 is 0 Å². The molecule has 0 radical (unpaired) electrons. The number of rotatable bonds is 4. The van der Waals surface area contributed by atoms with E-state index in [-0.39, 0.29) is 9.98 Å². The lowest BCUT2D eigenvalue weighted by Gasteiger charge is -2.04. The first kappa shape index (κ1) is 14.7. The van der Waals surface area contributed by atoms with E-state index in [2.05, 4.69) is 0 Å². The fraction of sp³-hybridized carbons (Fsp3) is 0.0769. The van der Waals surface area contributed by atoms with Crippen LogP contribution in [-0.4, -0.2) is 13.5 Å². The molecule has 0 saturated heterocycles. The molecule has 2 nitrogen and oxygen atoms in total. The Balaban J connectivity index is 2.09. The number of benzene rings is 2. The highest BCUT2D eigenvalue weighted by Gasteiger charge is 2.14. The van der Waals surface area contributed by atoms with Crippen LogP contribution in [0.2, 0.25) is 10.0 Å². The normalized spacial score (nSPS) is 11.5. The van der Waals surface area contributed by atoms with Gasteiger partial charge in [0.25, 0.3) is 0 Å². The highest BCUT2D eigenvalue weighted by atomic mass is 35.5. The van der Waals surface area contributed by atoms with Crippen LogP contribution < -0.4 is 0 Å². The maximum absolute atomic E-state index is 12.1. The molecule has 0 unspecified atom stereocenters. The number of halogens is 2. The van der Waals surface area contributed by atoms with Crippen LogP contribution in [-0.2, 0) is 9.84 Å². The summed E-state index contributed by atoms with van der Waals surface area (Å²) in [5, 5.41) is 1.13. The van der Waals surface area contributed by atoms with Crippen molar-refractivity contribution >= 4 is 44.8 Å². The highest BCUT2D eigenvalue weighted by Crippen LogP contribution is 2.25. The zero-order valence-electron chi connectivity index (χ0n) is 9.71. The summed E-state index contributed by atoms with van der Waals surface area (Å²) >= 11 is 12.8. The smallest absolute Gasteiger partial charge is 0.188 e. The van der Waals surface area contributed by atoms with Crippen molar-refractivity contribution in [2.24, 2.45) is 0 Å². The van der Waals surface area contributed by atoms with Crippen molar-refractivity contribution in [3.8, 4) is 0 Å². The van der Waals surface area contributed by atoms with Crippen LogP contribution in [0.25, 0.3) is 0 Å². The molecule has 0 aliphatic heterocycles. The quantitative estimate of drug-likeness (QED) is 0.772. The predicted molar refractivity (Wildman–Crippen MR) is 80.8 cm³/mol. The number of thioether (sulfide) groups is 1. The molecule has 19 heavy (non-hydrogen) atoms. The van der Waals surface area contributed by atoms with Crippen molar-refractivity contribution in [2.45, 2.75) is 9.79 Å². The van der Waals surface area contributed by atoms with Crippen molar-refractivity contribution in [3.05, 3.63) is 58.6 Å². The van der Waals surface area contributed by atoms with E-state index in [1.807, 2.05) is 0 Å². The van der Waals surface area contributed by atoms with Crippen LogP contribution in [0, 0.1) is 0 Å². The fourth-order valence-electron chi connectivity index (χ4n) is 1.39. The number of sulfone groups is 1. The summed E-state index contributed by atoms with van der Waals surface area (Å²) in [6.45, 7) is 0. The number of hydrogen-bond acceptors (Lipinski definition) is 3. The van der Waals surface area contributed by atoms with Crippen molar-refractivity contribution in [1.29, 1.82) is 0 Å². The Labute approximate surface area is 126 Å². The second-order valence-corrected chi connectivity index (χ2v) is 8.06. The largest absolute Gasteiger partial charge is 0.223 e. The van der Waals surface area contributed by atoms with Gasteiger partial charge in [-0.05, 0) is 48.5 Å². The van der Waals surface area contributed by atoms with E-state index in [0.717, 1.165) is 4.90 Å². The lowest BCUT2D eigenvalue weighted by atomic mass is 10.4. The van der Waals surface area contributed by atoms with Gasteiger partial charge in [0.15, 0.2) is 9.84 Å². The molecule has 0 aliphatic carbocycles. The zero-order chi connectivity index (χ0) is 13.9. The van der Waals surface area contributed by atoms with Crippen LogP contribution in [0.3, 0.4) is 0 Å². The van der Waals surface area contributed by atoms with Gasteiger partial charge in [-0.15, -0.1) is 11.8 Å². The average molecular weight is 333 g/mol. The molecule has 2 aromatic rings. The van der Waals surface area contributed by atoms with E-state index < -0.39 is 9.84 Å². The average Bonchev–Trinajstić information content (AvgIpc) is 2.39. The highest BCUT2D eigenvalue weighted by molar-refractivity contribution is 8.12. The maximum Gasteiger partial charge on any atom is 0.188 e. The molecule has 0 saturated carbocycles. The van der Waals surface area contributed by atoms with Crippen molar-refractivity contribution < 1.29 is 8.42 Å². The van der Waals surface area contributed by atoms with E-state index in [1.165, 1.54) is 23.9 Å². The Morgan fingerprint density at radius 3 is 1.84 bits per heavy atom. The summed E-state index contributed by atoms with van der Waals surface area (Å²) in [7, 11) is -3.31. The molecule has 0 N–H and O–H groups in total. The molecule has 0 atom stereocenters. The summed E-state index contributed by atoms with van der Waals surface area (Å²) in [5.74, 6) is 0. The lowest BCUT2D eigenvalue weighted by Crippen LogP contribution is -2.03. The Kier molecular flexibility index (Phi) is 4.79. The van der Waals surface area contributed by atoms with Gasteiger partial charge in [0, 0.05) is 14.9 Å². The molecule has 2 rings (SSSR count). The zero-order valence-corrected chi connectivity index (χ0v) is 12.9. The second-order valence-electron chi connectivity index (χ2n) is 3.78. The van der Waals surface area contributed by atoms with E-state index in [9.17, 15) is 8.42 Å². The Morgan fingerprint density at radius 1 is 0.842 bits per heavy atom. The second kappa shape index (κ2) is 6.18. The van der Waals surface area contributed by atoms with Gasteiger partial charge in [0.2, 0.25) is 0 Å². The van der Waals surface area contributed by atoms with E-state index in [0.29, 0.717) is 10.0 Å². The van der Waals surface area contributed by atoms with E-state index in [1.54, 1.807) is 36.4 Å². The molecular formula is C13H10Cl2O2S2. The molecule has 100 valence electrons. The SMILES string of the molecule is O=S(=O)(CSc1ccc(Cl)cc1)c1ccc(Cl)cc1. The van der Waals surface area contributed by atoms with Crippen LogP contribution in [0.1, 0.15) is 0 Å². The van der Waals surface area contributed by atoms with Gasteiger partial charge in [0.05, 0.1) is 4.90 Å². The summed E-state index contributed by atoms with van der Waals surface area (Å²) in [6.07, 6.45) is 0. The molecule has 0 fully saturated rings. The molecule has 0 spiro atoms. The van der Waals surface area contributed by atoms with Crippen molar-refractivity contribution in [2.75, 3.05) is 5.08 Å². The van der Waals surface area contributed by atoms with Gasteiger partial charge in [-0.25, -0.2) is 8.42 Å².